The van der Waals surface area contributed by atoms with Gasteiger partial charge in [-0.3, -0.25) is 9.36 Å². The van der Waals surface area contributed by atoms with Crippen LogP contribution in [-0.4, -0.2) is 37.1 Å². The first-order valence-corrected chi connectivity index (χ1v) is 12.0. The van der Waals surface area contributed by atoms with E-state index in [1.807, 2.05) is 4.57 Å². The molecular weight excluding hydrogens is 406 g/mol. The van der Waals surface area contributed by atoms with Crippen molar-refractivity contribution in [2.45, 2.75) is 83.1 Å². The number of piperidine rings is 1. The maximum Gasteiger partial charge on any atom is 0.220 e. The van der Waals surface area contributed by atoms with E-state index in [2.05, 4.69) is 39.5 Å². The van der Waals surface area contributed by atoms with Gasteiger partial charge < -0.3 is 15.5 Å². The average molecular weight is 440 g/mol. The van der Waals surface area contributed by atoms with Gasteiger partial charge in [0.25, 0.3) is 0 Å². The molecule has 9 nitrogen and oxygen atoms in total. The fourth-order valence-electron chi connectivity index (χ4n) is 7.71. The van der Waals surface area contributed by atoms with E-state index in [-0.39, 0.29) is 23.2 Å². The molecule has 2 aromatic heterocycles. The lowest BCUT2D eigenvalue weighted by molar-refractivity contribution is -0.231. The molecule has 4 aliphatic rings. The number of nitrogens with zero attached hydrogens (tertiary/aromatic N) is 4. The highest BCUT2D eigenvalue weighted by atomic mass is 16.5. The number of nitrogen functional groups attached to an aromatic ring is 1. The third-order valence-electron chi connectivity index (χ3n) is 9.36. The first-order chi connectivity index (χ1) is 15.4. The molecule has 6 rings (SSSR count). The van der Waals surface area contributed by atoms with E-state index >= 15 is 0 Å². The number of nitrogens with one attached hydrogen (secondary N) is 2. The lowest BCUT2D eigenvalue weighted by Crippen LogP contribution is -2.63. The zero-order valence-corrected chi connectivity index (χ0v) is 18.9. The van der Waals surface area contributed by atoms with Crippen molar-refractivity contribution in [1.82, 2.24) is 24.8 Å². The molecule has 4 fully saturated rings. The number of rotatable bonds is 2. The molecule has 0 unspecified atom stereocenters. The van der Waals surface area contributed by atoms with Crippen LogP contribution in [0.3, 0.4) is 0 Å². The van der Waals surface area contributed by atoms with Gasteiger partial charge in [-0.25, -0.2) is 20.8 Å². The van der Waals surface area contributed by atoms with Gasteiger partial charge in [-0.1, -0.05) is 6.92 Å². The molecule has 2 aliphatic carbocycles. The van der Waals surface area contributed by atoms with Crippen molar-refractivity contribution in [2.24, 2.45) is 29.0 Å². The Morgan fingerprint density at radius 1 is 1.12 bits per heavy atom. The maximum absolute atomic E-state index is 12.0. The second kappa shape index (κ2) is 7.12. The third-order valence-corrected chi connectivity index (χ3v) is 9.36. The summed E-state index contributed by atoms with van der Waals surface area (Å²) in [4.78, 5) is 25.1. The Morgan fingerprint density at radius 3 is 2.84 bits per heavy atom. The minimum absolute atomic E-state index is 0.0841. The van der Waals surface area contributed by atoms with E-state index in [0.717, 1.165) is 37.8 Å². The molecule has 7 atom stereocenters. The quantitative estimate of drug-likeness (QED) is 0.486. The molecule has 4 N–H and O–H groups in total. The second-order valence-electron chi connectivity index (χ2n) is 10.8. The molecule has 172 valence electrons. The van der Waals surface area contributed by atoms with E-state index in [1.54, 1.807) is 6.33 Å². The summed E-state index contributed by atoms with van der Waals surface area (Å²) in [6, 6.07) is 0.342. The largest absolute Gasteiger partial charge is 0.353 e. The van der Waals surface area contributed by atoms with Crippen molar-refractivity contribution in [1.29, 1.82) is 0 Å². The van der Waals surface area contributed by atoms with Gasteiger partial charge in [-0.05, 0) is 75.0 Å². The van der Waals surface area contributed by atoms with Gasteiger partial charge in [0, 0.05) is 12.5 Å². The van der Waals surface area contributed by atoms with Crippen molar-refractivity contribution in [3.63, 3.8) is 0 Å². The monoisotopic (exact) mass is 439 g/mol. The minimum Gasteiger partial charge on any atom is -0.353 e. The Hall–Kier alpha value is -2.26. The summed E-state index contributed by atoms with van der Waals surface area (Å²) < 4.78 is 8.92. The highest BCUT2D eigenvalue weighted by molar-refractivity contribution is 5.82. The molecular formula is C23H33N7O2. The second-order valence-corrected chi connectivity index (χ2v) is 10.8. The third kappa shape index (κ3) is 2.83. The predicted molar refractivity (Wildman–Crippen MR) is 119 cm³/mol. The zero-order chi connectivity index (χ0) is 22.1. The Morgan fingerprint density at radius 2 is 2.00 bits per heavy atom. The summed E-state index contributed by atoms with van der Waals surface area (Å²) in [5.74, 6) is 8.25. The molecule has 2 aromatic rings. The fraction of sp³-hybridized carbons (Fsp3) is 0.739. The van der Waals surface area contributed by atoms with Crippen LogP contribution in [0, 0.1) is 23.2 Å². The molecule has 0 bridgehead atoms. The molecule has 4 heterocycles. The summed E-state index contributed by atoms with van der Waals surface area (Å²) in [5.41, 5.74) is 4.09. The number of ether oxygens (including phenoxy) is 1. The average Bonchev–Trinajstić information content (AvgIpc) is 3.23. The molecule has 1 amide bonds. The van der Waals surface area contributed by atoms with E-state index < -0.39 is 0 Å². The molecule has 2 saturated carbocycles. The summed E-state index contributed by atoms with van der Waals surface area (Å²) in [6.07, 6.45) is 11.5. The smallest absolute Gasteiger partial charge is 0.220 e. The topological polar surface area (TPSA) is 120 Å². The van der Waals surface area contributed by atoms with Crippen LogP contribution in [0.25, 0.3) is 11.2 Å². The fourth-order valence-corrected chi connectivity index (χ4v) is 7.71. The first kappa shape index (κ1) is 20.4. The normalized spacial score (nSPS) is 41.3. The summed E-state index contributed by atoms with van der Waals surface area (Å²) >= 11 is 0. The number of anilines is 1. The highest BCUT2D eigenvalue weighted by Gasteiger charge is 2.58. The Bertz CT molecular complexity index is 1060. The number of hydrazine groups is 1. The van der Waals surface area contributed by atoms with E-state index in [9.17, 15) is 4.79 Å². The van der Waals surface area contributed by atoms with Gasteiger partial charge in [-0.2, -0.15) is 0 Å². The summed E-state index contributed by atoms with van der Waals surface area (Å²) in [6.45, 7) is 4.75. The predicted octanol–water partition coefficient (Wildman–Crippen LogP) is 2.90. The lowest BCUT2D eigenvalue weighted by atomic mass is 9.48. The van der Waals surface area contributed by atoms with Crippen LogP contribution < -0.4 is 16.6 Å². The maximum atomic E-state index is 12.0. The van der Waals surface area contributed by atoms with Crippen LogP contribution in [0.5, 0.6) is 0 Å². The van der Waals surface area contributed by atoms with Gasteiger partial charge >= 0.3 is 0 Å². The number of imidazole rings is 1. The molecule has 2 aliphatic heterocycles. The van der Waals surface area contributed by atoms with Crippen LogP contribution in [0.15, 0.2) is 12.7 Å². The van der Waals surface area contributed by atoms with E-state index in [4.69, 9.17) is 10.6 Å². The van der Waals surface area contributed by atoms with Crippen molar-refractivity contribution < 1.29 is 9.53 Å². The number of hydrogen-bond acceptors (Lipinski definition) is 7. The summed E-state index contributed by atoms with van der Waals surface area (Å²) in [7, 11) is 0. The van der Waals surface area contributed by atoms with Crippen molar-refractivity contribution in [3.8, 4) is 0 Å². The van der Waals surface area contributed by atoms with Crippen LogP contribution >= 0.6 is 0 Å². The van der Waals surface area contributed by atoms with Gasteiger partial charge in [0.1, 0.15) is 12.6 Å². The minimum atomic E-state index is -0.149. The molecule has 9 heteroatoms. The number of aromatic nitrogens is 4. The Kier molecular flexibility index (Phi) is 4.53. The number of carbonyl (C=O) groups is 1. The molecule has 0 radical (unpaired) electrons. The number of hydrogen-bond donors (Lipinski definition) is 3. The number of fused-ring (bicyclic) bond motifs is 6. The van der Waals surface area contributed by atoms with Gasteiger partial charge in [0.05, 0.1) is 11.9 Å². The Balaban J connectivity index is 1.26. The molecule has 0 spiro atoms. The van der Waals surface area contributed by atoms with Gasteiger partial charge in [0.2, 0.25) is 5.91 Å². The van der Waals surface area contributed by atoms with Crippen molar-refractivity contribution >= 4 is 22.9 Å². The van der Waals surface area contributed by atoms with Crippen LogP contribution in [0.2, 0.25) is 0 Å². The lowest BCUT2D eigenvalue weighted by Gasteiger charge is -2.62. The first-order valence-electron chi connectivity index (χ1n) is 12.0. The summed E-state index contributed by atoms with van der Waals surface area (Å²) in [5, 5.41) is 3.32. The van der Waals surface area contributed by atoms with Crippen LogP contribution in [0.1, 0.15) is 71.4 Å². The van der Waals surface area contributed by atoms with Crippen LogP contribution in [0.4, 0.5) is 5.82 Å². The number of carbonyl (C=O) groups excluding carboxylic acids is 1. The van der Waals surface area contributed by atoms with Gasteiger partial charge in [-0.15, -0.1) is 0 Å². The van der Waals surface area contributed by atoms with E-state index in [0.29, 0.717) is 41.6 Å². The van der Waals surface area contributed by atoms with E-state index in [1.165, 1.54) is 19.2 Å². The highest BCUT2D eigenvalue weighted by Crippen LogP contribution is 2.61. The van der Waals surface area contributed by atoms with Gasteiger partial charge in [0.15, 0.2) is 17.0 Å². The molecule has 2 saturated heterocycles. The standard InChI is InChI=1S/C23H33N7O2/c1-22-9-8-17(31)28-16(22)5-3-13-14(22)7-10-23(2)15(13)4-6-18(32-23)30-12-27-19-20(29-24)25-11-26-21(19)30/h11-16,18H,3-10,24H2,1-2H3,(H,28,31)(H,25,26,29)/t13-,14+,15+,16-,18+,22-,23+/m1/s1. The molecule has 0 aromatic carbocycles. The SMILES string of the molecule is C[C@]12CCC(=O)N[C@@H]1CC[C@@H]1[C@@H]2CC[C@]2(C)O[C@H](n3cnc4c(NN)ncnc43)CC[C@@H]12. The number of nitrogens with two attached hydrogens (primary N) is 1. The van der Waals surface area contributed by atoms with Crippen LogP contribution in [-0.2, 0) is 9.53 Å². The van der Waals surface area contributed by atoms with Crippen molar-refractivity contribution in [3.05, 3.63) is 12.7 Å². The Labute approximate surface area is 187 Å². The van der Waals surface area contributed by atoms with Crippen molar-refractivity contribution in [2.75, 3.05) is 5.43 Å². The zero-order valence-electron chi connectivity index (χ0n) is 18.9. The number of amides is 1. The molecule has 32 heavy (non-hydrogen) atoms.